The number of rotatable bonds is 2. The second-order valence-electron chi connectivity index (χ2n) is 2.78. The van der Waals surface area contributed by atoms with Crippen LogP contribution in [0.2, 0.25) is 0 Å². The minimum Gasteiger partial charge on any atom is -0.298 e. The number of thioether (sulfide) groups is 1. The van der Waals surface area contributed by atoms with Crippen molar-refractivity contribution in [1.29, 1.82) is 0 Å². The number of hydrogen-bond donors (Lipinski definition) is 0. The number of nitrogens with zero attached hydrogens (tertiary/aromatic N) is 1. The third-order valence-corrected chi connectivity index (χ3v) is 3.18. The minimum atomic E-state index is 0.180. The molecule has 1 heterocycles. The third-order valence-electron chi connectivity index (χ3n) is 1.91. The fourth-order valence-corrected chi connectivity index (χ4v) is 2.12. The summed E-state index contributed by atoms with van der Waals surface area (Å²) >= 11 is 1.58. The molecule has 1 aromatic rings. The van der Waals surface area contributed by atoms with Crippen LogP contribution in [-0.4, -0.2) is 16.0 Å². The molecule has 0 unspecified atom stereocenters. The molecule has 2 nitrogen and oxygen atoms in total. The molecular formula is C9H9NOS. The SMILES string of the molecule is O=C1CC[C@@H]1Sc1ccccn1. The minimum absolute atomic E-state index is 0.180. The number of pyridine rings is 1. The van der Waals surface area contributed by atoms with E-state index in [1.54, 1.807) is 18.0 Å². The van der Waals surface area contributed by atoms with Crippen molar-refractivity contribution in [2.45, 2.75) is 23.1 Å². The molecule has 12 heavy (non-hydrogen) atoms. The summed E-state index contributed by atoms with van der Waals surface area (Å²) in [4.78, 5) is 15.1. The van der Waals surface area contributed by atoms with Gasteiger partial charge in [0.15, 0.2) is 0 Å². The van der Waals surface area contributed by atoms with E-state index in [0.717, 1.165) is 17.9 Å². The van der Waals surface area contributed by atoms with E-state index in [1.165, 1.54) is 0 Å². The van der Waals surface area contributed by atoms with Crippen LogP contribution in [0.3, 0.4) is 0 Å². The molecule has 1 aliphatic rings. The molecule has 3 heteroatoms. The van der Waals surface area contributed by atoms with Gasteiger partial charge in [0, 0.05) is 12.6 Å². The van der Waals surface area contributed by atoms with Crippen LogP contribution < -0.4 is 0 Å². The maximum Gasteiger partial charge on any atom is 0.146 e. The van der Waals surface area contributed by atoms with Gasteiger partial charge >= 0.3 is 0 Å². The zero-order chi connectivity index (χ0) is 8.39. The molecule has 1 aromatic heterocycles. The second kappa shape index (κ2) is 3.27. The van der Waals surface area contributed by atoms with Gasteiger partial charge in [-0.15, -0.1) is 0 Å². The van der Waals surface area contributed by atoms with E-state index in [0.29, 0.717) is 5.78 Å². The Labute approximate surface area is 75.4 Å². The van der Waals surface area contributed by atoms with Gasteiger partial charge in [0.05, 0.1) is 10.3 Å². The Morgan fingerprint density at radius 3 is 2.92 bits per heavy atom. The number of carbonyl (C=O) groups is 1. The first-order valence-electron chi connectivity index (χ1n) is 3.96. The monoisotopic (exact) mass is 179 g/mol. The molecule has 0 spiro atoms. The Bertz CT molecular complexity index is 286. The van der Waals surface area contributed by atoms with Crippen molar-refractivity contribution < 1.29 is 4.79 Å². The molecule has 62 valence electrons. The summed E-state index contributed by atoms with van der Waals surface area (Å²) in [5.41, 5.74) is 0. The van der Waals surface area contributed by atoms with Gasteiger partial charge in [0.25, 0.3) is 0 Å². The molecule has 0 aromatic carbocycles. The first-order valence-corrected chi connectivity index (χ1v) is 4.84. The summed E-state index contributed by atoms with van der Waals surface area (Å²) in [6.07, 6.45) is 3.52. The molecule has 0 saturated heterocycles. The molecular weight excluding hydrogens is 170 g/mol. The van der Waals surface area contributed by atoms with Crippen molar-refractivity contribution in [2.24, 2.45) is 0 Å². The van der Waals surface area contributed by atoms with Crippen LogP contribution in [0.5, 0.6) is 0 Å². The van der Waals surface area contributed by atoms with Gasteiger partial charge in [-0.2, -0.15) is 0 Å². The highest BCUT2D eigenvalue weighted by Crippen LogP contribution is 2.32. The first kappa shape index (κ1) is 7.80. The Morgan fingerprint density at radius 2 is 2.42 bits per heavy atom. The lowest BCUT2D eigenvalue weighted by molar-refractivity contribution is -0.122. The van der Waals surface area contributed by atoms with Crippen LogP contribution in [-0.2, 0) is 4.79 Å². The van der Waals surface area contributed by atoms with Crippen LogP contribution in [0.4, 0.5) is 0 Å². The van der Waals surface area contributed by atoms with E-state index < -0.39 is 0 Å². The molecule has 2 rings (SSSR count). The number of aromatic nitrogens is 1. The smallest absolute Gasteiger partial charge is 0.146 e. The molecule has 0 bridgehead atoms. The number of Topliss-reactive ketones (excluding diaryl/α,β-unsaturated/α-hetero) is 1. The van der Waals surface area contributed by atoms with Gasteiger partial charge in [-0.05, 0) is 18.6 Å². The van der Waals surface area contributed by atoms with Crippen molar-refractivity contribution in [3.05, 3.63) is 24.4 Å². The first-order chi connectivity index (χ1) is 5.86. The highest BCUT2D eigenvalue weighted by molar-refractivity contribution is 8.00. The lowest BCUT2D eigenvalue weighted by Crippen LogP contribution is -2.28. The molecule has 1 saturated carbocycles. The van der Waals surface area contributed by atoms with E-state index in [4.69, 9.17) is 0 Å². The van der Waals surface area contributed by atoms with Crippen LogP contribution in [0.1, 0.15) is 12.8 Å². The van der Waals surface area contributed by atoms with Crippen molar-refractivity contribution >= 4 is 17.5 Å². The van der Waals surface area contributed by atoms with E-state index in [-0.39, 0.29) is 5.25 Å². The number of carbonyl (C=O) groups excluding carboxylic acids is 1. The highest BCUT2D eigenvalue weighted by Gasteiger charge is 2.28. The zero-order valence-corrected chi connectivity index (χ0v) is 7.38. The Balaban J connectivity index is 2.00. The van der Waals surface area contributed by atoms with E-state index in [9.17, 15) is 4.79 Å². The zero-order valence-electron chi connectivity index (χ0n) is 6.56. The van der Waals surface area contributed by atoms with Crippen molar-refractivity contribution in [3.8, 4) is 0 Å². The summed E-state index contributed by atoms with van der Waals surface area (Å²) in [7, 11) is 0. The van der Waals surface area contributed by atoms with E-state index >= 15 is 0 Å². The van der Waals surface area contributed by atoms with Crippen LogP contribution >= 0.6 is 11.8 Å². The Kier molecular flexibility index (Phi) is 2.13. The van der Waals surface area contributed by atoms with Crippen molar-refractivity contribution in [1.82, 2.24) is 4.98 Å². The predicted molar refractivity (Wildman–Crippen MR) is 48.1 cm³/mol. The summed E-state index contributed by atoms with van der Waals surface area (Å²) in [6, 6.07) is 5.77. The lowest BCUT2D eigenvalue weighted by atomic mass is 9.98. The molecule has 0 amide bonds. The molecule has 0 N–H and O–H groups in total. The summed E-state index contributed by atoms with van der Waals surface area (Å²) in [5, 5.41) is 1.13. The van der Waals surface area contributed by atoms with E-state index in [1.807, 2.05) is 18.2 Å². The van der Waals surface area contributed by atoms with Gasteiger partial charge in [-0.3, -0.25) is 4.79 Å². The molecule has 1 aliphatic carbocycles. The quantitative estimate of drug-likeness (QED) is 0.694. The maximum absolute atomic E-state index is 11.0. The summed E-state index contributed by atoms with van der Waals surface area (Å²) < 4.78 is 0. The van der Waals surface area contributed by atoms with Gasteiger partial charge < -0.3 is 0 Å². The number of ketones is 1. The van der Waals surface area contributed by atoms with Crippen LogP contribution in [0.15, 0.2) is 29.4 Å². The van der Waals surface area contributed by atoms with Crippen LogP contribution in [0.25, 0.3) is 0 Å². The number of hydrogen-bond acceptors (Lipinski definition) is 3. The van der Waals surface area contributed by atoms with Crippen molar-refractivity contribution in [3.63, 3.8) is 0 Å². The molecule has 0 radical (unpaired) electrons. The fraction of sp³-hybridized carbons (Fsp3) is 0.333. The van der Waals surface area contributed by atoms with Gasteiger partial charge in [-0.1, -0.05) is 17.8 Å². The van der Waals surface area contributed by atoms with Gasteiger partial charge in [-0.25, -0.2) is 4.98 Å². The van der Waals surface area contributed by atoms with Gasteiger partial charge in [0.2, 0.25) is 0 Å². The van der Waals surface area contributed by atoms with Crippen LogP contribution in [0, 0.1) is 0 Å². The summed E-state index contributed by atoms with van der Waals surface area (Å²) in [5.74, 6) is 0.366. The Hall–Kier alpha value is -0.830. The predicted octanol–water partition coefficient (Wildman–Crippen LogP) is 1.91. The average molecular weight is 179 g/mol. The van der Waals surface area contributed by atoms with Crippen molar-refractivity contribution in [2.75, 3.05) is 0 Å². The molecule has 1 fully saturated rings. The topological polar surface area (TPSA) is 30.0 Å². The third kappa shape index (κ3) is 1.50. The van der Waals surface area contributed by atoms with E-state index in [2.05, 4.69) is 4.98 Å². The lowest BCUT2D eigenvalue weighted by Gasteiger charge is -2.22. The average Bonchev–Trinajstić information content (AvgIpc) is 2.14. The maximum atomic E-state index is 11.0. The standard InChI is InChI=1S/C9H9NOS/c11-7-4-5-8(7)12-9-3-1-2-6-10-9/h1-3,6,8H,4-5H2/t8-/m0/s1. The van der Waals surface area contributed by atoms with Gasteiger partial charge in [0.1, 0.15) is 5.78 Å². The normalized spacial score (nSPS) is 22.0. The summed E-state index contributed by atoms with van der Waals surface area (Å²) in [6.45, 7) is 0. The largest absolute Gasteiger partial charge is 0.298 e. The molecule has 1 atom stereocenters. The second-order valence-corrected chi connectivity index (χ2v) is 4.00. The highest BCUT2D eigenvalue weighted by atomic mass is 32.2. The fourth-order valence-electron chi connectivity index (χ4n) is 1.07. The molecule has 0 aliphatic heterocycles. The Morgan fingerprint density at radius 1 is 1.50 bits per heavy atom.